The molecular weight excluding hydrogens is 311 g/mol. The molecule has 1 aromatic rings. The molecule has 3 rings (SSSR count). The minimum absolute atomic E-state index is 0.169. The predicted molar refractivity (Wildman–Crippen MR) is 84.0 cm³/mol. The monoisotopic (exact) mass is 330 g/mol. The standard InChI is InChI=1S/C15H20Cl2N2O2/c16-12-1-2-13(14(17)11-12)15(18-3-7-20-8-4-18)19-5-9-21-10-6-19/h1-2,11,15H,3-10H2. The van der Waals surface area contributed by atoms with Crippen molar-refractivity contribution in [2.45, 2.75) is 6.17 Å². The molecular formula is C15H20Cl2N2O2. The number of morpholine rings is 2. The van der Waals surface area contributed by atoms with Crippen LogP contribution in [0.1, 0.15) is 11.7 Å². The Balaban J connectivity index is 1.89. The van der Waals surface area contributed by atoms with E-state index in [0.717, 1.165) is 63.2 Å². The molecule has 1 aromatic carbocycles. The van der Waals surface area contributed by atoms with Crippen LogP contribution in [-0.2, 0) is 9.47 Å². The van der Waals surface area contributed by atoms with Crippen LogP contribution < -0.4 is 0 Å². The van der Waals surface area contributed by atoms with Crippen LogP contribution in [0.25, 0.3) is 0 Å². The Kier molecular flexibility index (Phi) is 5.38. The van der Waals surface area contributed by atoms with E-state index in [1.165, 1.54) is 0 Å². The second kappa shape index (κ2) is 7.27. The summed E-state index contributed by atoms with van der Waals surface area (Å²) in [5.74, 6) is 0. The number of halogens is 2. The summed E-state index contributed by atoms with van der Waals surface area (Å²) in [4.78, 5) is 4.87. The molecule has 0 saturated carbocycles. The predicted octanol–water partition coefficient (Wildman–Crippen LogP) is 2.66. The molecule has 0 aliphatic carbocycles. The number of nitrogens with zero attached hydrogens (tertiary/aromatic N) is 2. The van der Waals surface area contributed by atoms with E-state index in [1.807, 2.05) is 18.2 Å². The molecule has 0 aromatic heterocycles. The minimum atomic E-state index is 0.169. The van der Waals surface area contributed by atoms with Crippen molar-refractivity contribution in [3.05, 3.63) is 33.8 Å². The van der Waals surface area contributed by atoms with E-state index in [0.29, 0.717) is 5.02 Å². The third-order valence-corrected chi connectivity index (χ3v) is 4.59. The lowest BCUT2D eigenvalue weighted by molar-refractivity contribution is -0.0675. The Hall–Kier alpha value is -0.360. The molecule has 0 bridgehead atoms. The number of hydrogen-bond acceptors (Lipinski definition) is 4. The summed E-state index contributed by atoms with van der Waals surface area (Å²) >= 11 is 12.5. The van der Waals surface area contributed by atoms with Gasteiger partial charge in [-0.1, -0.05) is 29.3 Å². The summed E-state index contributed by atoms with van der Waals surface area (Å²) in [7, 11) is 0. The molecule has 2 fully saturated rings. The normalized spacial score (nSPS) is 21.9. The molecule has 2 saturated heterocycles. The van der Waals surface area contributed by atoms with Crippen molar-refractivity contribution >= 4 is 23.2 Å². The molecule has 0 radical (unpaired) electrons. The summed E-state index contributed by atoms with van der Waals surface area (Å²) < 4.78 is 11.0. The number of hydrogen-bond donors (Lipinski definition) is 0. The van der Waals surface area contributed by atoms with Gasteiger partial charge in [0.25, 0.3) is 0 Å². The second-order valence-electron chi connectivity index (χ2n) is 5.34. The average Bonchev–Trinajstić information content (AvgIpc) is 2.52. The molecule has 0 spiro atoms. The number of ether oxygens (including phenoxy) is 2. The van der Waals surface area contributed by atoms with Gasteiger partial charge in [-0.25, -0.2) is 0 Å². The first-order valence-electron chi connectivity index (χ1n) is 7.34. The van der Waals surface area contributed by atoms with Crippen LogP contribution in [0.3, 0.4) is 0 Å². The van der Waals surface area contributed by atoms with Gasteiger partial charge in [0.1, 0.15) is 0 Å². The summed E-state index contributed by atoms with van der Waals surface area (Å²) in [6.07, 6.45) is 0.169. The van der Waals surface area contributed by atoms with Gasteiger partial charge in [0.05, 0.1) is 32.6 Å². The quantitative estimate of drug-likeness (QED) is 0.850. The highest BCUT2D eigenvalue weighted by atomic mass is 35.5. The second-order valence-corrected chi connectivity index (χ2v) is 6.18. The van der Waals surface area contributed by atoms with E-state index in [-0.39, 0.29) is 6.17 Å². The maximum atomic E-state index is 6.46. The molecule has 21 heavy (non-hydrogen) atoms. The summed E-state index contributed by atoms with van der Waals surface area (Å²) in [5, 5.41) is 1.40. The zero-order valence-corrected chi connectivity index (χ0v) is 13.4. The largest absolute Gasteiger partial charge is 0.379 e. The van der Waals surface area contributed by atoms with Gasteiger partial charge in [-0.2, -0.15) is 0 Å². The molecule has 6 heteroatoms. The Labute approximate surface area is 135 Å². The number of benzene rings is 1. The van der Waals surface area contributed by atoms with Crippen LogP contribution in [0.4, 0.5) is 0 Å². The molecule has 4 nitrogen and oxygen atoms in total. The smallest absolute Gasteiger partial charge is 0.0903 e. The highest BCUT2D eigenvalue weighted by Crippen LogP contribution is 2.33. The lowest BCUT2D eigenvalue weighted by atomic mass is 10.1. The molecule has 0 amide bonds. The van der Waals surface area contributed by atoms with E-state index in [9.17, 15) is 0 Å². The molecule has 2 heterocycles. The maximum Gasteiger partial charge on any atom is 0.0903 e. The lowest BCUT2D eigenvalue weighted by Gasteiger charge is -2.43. The fourth-order valence-electron chi connectivity index (χ4n) is 2.98. The summed E-state index contributed by atoms with van der Waals surface area (Å²) in [6.45, 7) is 6.75. The first kappa shape index (κ1) is 15.5. The molecule has 0 N–H and O–H groups in total. The Bertz CT molecular complexity index is 457. The van der Waals surface area contributed by atoms with Crippen LogP contribution in [0.5, 0.6) is 0 Å². The zero-order valence-electron chi connectivity index (χ0n) is 11.9. The van der Waals surface area contributed by atoms with Crippen LogP contribution in [0.2, 0.25) is 10.0 Å². The van der Waals surface area contributed by atoms with Gasteiger partial charge < -0.3 is 9.47 Å². The topological polar surface area (TPSA) is 24.9 Å². The summed E-state index contributed by atoms with van der Waals surface area (Å²) in [5.41, 5.74) is 1.12. The van der Waals surface area contributed by atoms with Crippen molar-refractivity contribution in [2.75, 3.05) is 52.6 Å². The minimum Gasteiger partial charge on any atom is -0.379 e. The van der Waals surface area contributed by atoms with E-state index >= 15 is 0 Å². The van der Waals surface area contributed by atoms with Gasteiger partial charge >= 0.3 is 0 Å². The molecule has 2 aliphatic rings. The van der Waals surface area contributed by atoms with Crippen molar-refractivity contribution in [3.63, 3.8) is 0 Å². The molecule has 0 unspecified atom stereocenters. The van der Waals surface area contributed by atoms with Gasteiger partial charge in [0.2, 0.25) is 0 Å². The highest BCUT2D eigenvalue weighted by Gasteiger charge is 2.30. The van der Waals surface area contributed by atoms with Crippen molar-refractivity contribution in [2.24, 2.45) is 0 Å². The maximum absolute atomic E-state index is 6.46. The van der Waals surface area contributed by atoms with Crippen molar-refractivity contribution < 1.29 is 9.47 Å². The van der Waals surface area contributed by atoms with E-state index in [4.69, 9.17) is 32.7 Å². The third-order valence-electron chi connectivity index (χ3n) is 4.02. The Morgan fingerprint density at radius 1 is 0.857 bits per heavy atom. The fraction of sp³-hybridized carbons (Fsp3) is 0.600. The third kappa shape index (κ3) is 3.70. The Morgan fingerprint density at radius 2 is 1.38 bits per heavy atom. The van der Waals surface area contributed by atoms with Crippen LogP contribution in [-0.4, -0.2) is 62.4 Å². The van der Waals surface area contributed by atoms with Gasteiger partial charge in [-0.3, -0.25) is 9.80 Å². The highest BCUT2D eigenvalue weighted by molar-refractivity contribution is 6.35. The SMILES string of the molecule is Clc1ccc(C(N2CCOCC2)N2CCOCC2)c(Cl)c1. The molecule has 0 atom stereocenters. The van der Waals surface area contributed by atoms with E-state index < -0.39 is 0 Å². The first-order chi connectivity index (χ1) is 10.3. The van der Waals surface area contributed by atoms with Crippen molar-refractivity contribution in [1.82, 2.24) is 9.80 Å². The molecule has 116 valence electrons. The van der Waals surface area contributed by atoms with Gasteiger partial charge in [0.15, 0.2) is 0 Å². The fourth-order valence-corrected chi connectivity index (χ4v) is 3.49. The lowest BCUT2D eigenvalue weighted by Crippen LogP contribution is -2.50. The average molecular weight is 331 g/mol. The van der Waals surface area contributed by atoms with Gasteiger partial charge in [-0.05, 0) is 12.1 Å². The van der Waals surface area contributed by atoms with Gasteiger partial charge in [0, 0.05) is 41.8 Å². The van der Waals surface area contributed by atoms with Crippen LogP contribution in [0.15, 0.2) is 18.2 Å². The first-order valence-corrected chi connectivity index (χ1v) is 8.10. The van der Waals surface area contributed by atoms with Crippen LogP contribution in [0, 0.1) is 0 Å². The zero-order chi connectivity index (χ0) is 14.7. The Morgan fingerprint density at radius 3 is 1.86 bits per heavy atom. The van der Waals surface area contributed by atoms with E-state index in [2.05, 4.69) is 9.80 Å². The number of rotatable bonds is 3. The van der Waals surface area contributed by atoms with Crippen molar-refractivity contribution in [3.8, 4) is 0 Å². The van der Waals surface area contributed by atoms with Crippen LogP contribution >= 0.6 is 23.2 Å². The summed E-state index contributed by atoms with van der Waals surface area (Å²) in [6, 6.07) is 5.78. The van der Waals surface area contributed by atoms with E-state index in [1.54, 1.807) is 0 Å². The van der Waals surface area contributed by atoms with Crippen molar-refractivity contribution in [1.29, 1.82) is 0 Å². The van der Waals surface area contributed by atoms with Gasteiger partial charge in [-0.15, -0.1) is 0 Å². The molecule has 2 aliphatic heterocycles.